The Kier molecular flexibility index (Phi) is 6.15. The molecule has 3 rings (SSSR count). The van der Waals surface area contributed by atoms with Crippen molar-refractivity contribution >= 4 is 22.8 Å². The van der Waals surface area contributed by atoms with E-state index >= 15 is 0 Å². The maximum atomic E-state index is 12.1. The van der Waals surface area contributed by atoms with E-state index in [0.29, 0.717) is 5.52 Å². The molecule has 5 nitrogen and oxygen atoms in total. The first-order valence-corrected chi connectivity index (χ1v) is 8.98. The fourth-order valence-corrected chi connectivity index (χ4v) is 2.80. The third kappa shape index (κ3) is 5.38. The highest BCUT2D eigenvalue weighted by atomic mass is 16.5. The lowest BCUT2D eigenvalue weighted by atomic mass is 10.1. The maximum Gasteiger partial charge on any atom is 0.357 e. The Balaban J connectivity index is 1.45. The van der Waals surface area contributed by atoms with Crippen molar-refractivity contribution in [1.29, 1.82) is 0 Å². The first kappa shape index (κ1) is 18.6. The molecule has 3 aromatic rings. The van der Waals surface area contributed by atoms with Crippen molar-refractivity contribution < 1.29 is 14.3 Å². The molecule has 1 N–H and O–H groups in total. The predicted molar refractivity (Wildman–Crippen MR) is 104 cm³/mol. The van der Waals surface area contributed by atoms with Gasteiger partial charge < -0.3 is 10.1 Å². The van der Waals surface area contributed by atoms with Gasteiger partial charge in [-0.05, 0) is 37.5 Å². The van der Waals surface area contributed by atoms with Crippen molar-refractivity contribution in [2.75, 3.05) is 6.61 Å². The number of hydrogen-bond acceptors (Lipinski definition) is 4. The molecule has 138 valence electrons. The molecular weight excluding hydrogens is 340 g/mol. The summed E-state index contributed by atoms with van der Waals surface area (Å²) in [4.78, 5) is 28.4. The van der Waals surface area contributed by atoms with Crippen LogP contribution in [0.25, 0.3) is 10.9 Å². The number of esters is 1. The van der Waals surface area contributed by atoms with Crippen LogP contribution < -0.4 is 5.32 Å². The van der Waals surface area contributed by atoms with Gasteiger partial charge in [0.15, 0.2) is 6.61 Å². The molecule has 0 unspecified atom stereocenters. The lowest BCUT2D eigenvalue weighted by Gasteiger charge is -2.14. The molecule has 0 aliphatic heterocycles. The molecule has 2 aromatic carbocycles. The van der Waals surface area contributed by atoms with Crippen LogP contribution in [0.15, 0.2) is 66.7 Å². The van der Waals surface area contributed by atoms with Gasteiger partial charge in [-0.2, -0.15) is 0 Å². The van der Waals surface area contributed by atoms with E-state index in [4.69, 9.17) is 4.74 Å². The summed E-state index contributed by atoms with van der Waals surface area (Å²) in [5.74, 6) is -0.919. The van der Waals surface area contributed by atoms with E-state index in [9.17, 15) is 9.59 Å². The first-order chi connectivity index (χ1) is 13.1. The van der Waals surface area contributed by atoms with Gasteiger partial charge in [-0.3, -0.25) is 4.79 Å². The lowest BCUT2D eigenvalue weighted by Crippen LogP contribution is -2.36. The molecule has 0 fully saturated rings. The monoisotopic (exact) mass is 362 g/mol. The number of carbonyl (C=O) groups is 2. The zero-order valence-electron chi connectivity index (χ0n) is 15.2. The zero-order valence-corrected chi connectivity index (χ0v) is 15.2. The smallest absolute Gasteiger partial charge is 0.357 e. The van der Waals surface area contributed by atoms with E-state index in [1.807, 2.05) is 55.5 Å². The van der Waals surface area contributed by atoms with Crippen LogP contribution in [0.2, 0.25) is 0 Å². The molecule has 1 amide bonds. The van der Waals surface area contributed by atoms with Crippen LogP contribution in [0.4, 0.5) is 0 Å². The molecule has 0 aliphatic rings. The van der Waals surface area contributed by atoms with Gasteiger partial charge in [0.2, 0.25) is 0 Å². The SMILES string of the molecule is C[C@@H](CCc1ccccc1)NC(=O)COC(=O)c1ccc2ccccc2n1. The Morgan fingerprint density at radius 2 is 1.74 bits per heavy atom. The van der Waals surface area contributed by atoms with Gasteiger partial charge in [0.25, 0.3) is 5.91 Å². The summed E-state index contributed by atoms with van der Waals surface area (Å²) in [6.45, 7) is 1.62. The van der Waals surface area contributed by atoms with Crippen molar-refractivity contribution in [2.45, 2.75) is 25.8 Å². The number of aryl methyl sites for hydroxylation is 1. The summed E-state index contributed by atoms with van der Waals surface area (Å²) in [7, 11) is 0. The van der Waals surface area contributed by atoms with Gasteiger partial charge in [-0.15, -0.1) is 0 Å². The van der Waals surface area contributed by atoms with Crippen LogP contribution in [0, 0.1) is 0 Å². The standard InChI is InChI=1S/C22H22N2O3/c1-16(11-12-17-7-3-2-4-8-17)23-21(25)15-27-22(26)20-14-13-18-9-5-6-10-19(18)24-20/h2-10,13-14,16H,11-12,15H2,1H3,(H,23,25)/t16-/m0/s1. The van der Waals surface area contributed by atoms with Crippen LogP contribution in [0.1, 0.15) is 29.4 Å². The minimum atomic E-state index is -0.604. The topological polar surface area (TPSA) is 68.3 Å². The van der Waals surface area contributed by atoms with E-state index in [1.54, 1.807) is 6.07 Å². The van der Waals surface area contributed by atoms with Gasteiger partial charge in [-0.1, -0.05) is 54.6 Å². The first-order valence-electron chi connectivity index (χ1n) is 8.98. The molecule has 0 radical (unpaired) electrons. The third-order valence-electron chi connectivity index (χ3n) is 4.26. The lowest BCUT2D eigenvalue weighted by molar-refractivity contribution is -0.124. The number of benzene rings is 2. The third-order valence-corrected chi connectivity index (χ3v) is 4.26. The second kappa shape index (κ2) is 8.94. The normalized spacial score (nSPS) is 11.7. The molecule has 0 saturated carbocycles. The minimum Gasteiger partial charge on any atom is -0.451 e. The Morgan fingerprint density at radius 3 is 2.56 bits per heavy atom. The number of carbonyl (C=O) groups excluding carboxylic acids is 2. The number of aromatic nitrogens is 1. The maximum absolute atomic E-state index is 12.1. The Bertz CT molecular complexity index is 925. The average molecular weight is 362 g/mol. The molecule has 0 spiro atoms. The van der Waals surface area contributed by atoms with Crippen LogP contribution in [0.5, 0.6) is 0 Å². The van der Waals surface area contributed by atoms with Gasteiger partial charge in [0.1, 0.15) is 5.69 Å². The van der Waals surface area contributed by atoms with Crippen molar-refractivity contribution in [1.82, 2.24) is 10.3 Å². The molecule has 27 heavy (non-hydrogen) atoms. The number of amides is 1. The van der Waals surface area contributed by atoms with Crippen LogP contribution >= 0.6 is 0 Å². The highest BCUT2D eigenvalue weighted by molar-refractivity contribution is 5.92. The molecule has 1 atom stereocenters. The van der Waals surface area contributed by atoms with E-state index in [1.165, 1.54) is 5.56 Å². The van der Waals surface area contributed by atoms with E-state index < -0.39 is 5.97 Å². The van der Waals surface area contributed by atoms with Crippen molar-refractivity contribution in [3.8, 4) is 0 Å². The van der Waals surface area contributed by atoms with E-state index in [-0.39, 0.29) is 24.2 Å². The average Bonchev–Trinajstić information content (AvgIpc) is 2.71. The Hall–Kier alpha value is -3.21. The molecule has 0 aliphatic carbocycles. The highest BCUT2D eigenvalue weighted by Gasteiger charge is 2.13. The van der Waals surface area contributed by atoms with Crippen LogP contribution in [-0.2, 0) is 16.0 Å². The Labute approximate surface area is 158 Å². The summed E-state index contributed by atoms with van der Waals surface area (Å²) in [5, 5.41) is 3.79. The van der Waals surface area contributed by atoms with Crippen LogP contribution in [-0.4, -0.2) is 29.5 Å². The van der Waals surface area contributed by atoms with E-state index in [2.05, 4.69) is 22.4 Å². The molecule has 1 aromatic heterocycles. The fraction of sp³-hybridized carbons (Fsp3) is 0.227. The molecule has 0 saturated heterocycles. The molecule has 1 heterocycles. The van der Waals surface area contributed by atoms with Crippen LogP contribution in [0.3, 0.4) is 0 Å². The van der Waals surface area contributed by atoms with Crippen molar-refractivity contribution in [3.63, 3.8) is 0 Å². The van der Waals surface area contributed by atoms with Gasteiger partial charge in [0.05, 0.1) is 5.52 Å². The fourth-order valence-electron chi connectivity index (χ4n) is 2.80. The zero-order chi connectivity index (χ0) is 19.1. The molecule has 5 heteroatoms. The highest BCUT2D eigenvalue weighted by Crippen LogP contribution is 2.12. The molecule has 0 bridgehead atoms. The number of ether oxygens (including phenoxy) is 1. The molecular formula is C22H22N2O3. The van der Waals surface area contributed by atoms with Gasteiger partial charge >= 0.3 is 5.97 Å². The summed E-state index contributed by atoms with van der Waals surface area (Å²) in [6.07, 6.45) is 1.69. The quantitative estimate of drug-likeness (QED) is 0.653. The summed E-state index contributed by atoms with van der Waals surface area (Å²) < 4.78 is 5.09. The van der Waals surface area contributed by atoms with Gasteiger partial charge in [0, 0.05) is 11.4 Å². The number of para-hydroxylation sites is 1. The number of nitrogens with one attached hydrogen (secondary N) is 1. The van der Waals surface area contributed by atoms with E-state index in [0.717, 1.165) is 18.2 Å². The summed E-state index contributed by atoms with van der Waals surface area (Å²) in [5.41, 5.74) is 2.14. The second-order valence-electron chi connectivity index (χ2n) is 6.46. The number of pyridine rings is 1. The van der Waals surface area contributed by atoms with Crippen molar-refractivity contribution in [3.05, 3.63) is 78.0 Å². The number of hydrogen-bond donors (Lipinski definition) is 1. The second-order valence-corrected chi connectivity index (χ2v) is 6.46. The summed E-state index contributed by atoms with van der Waals surface area (Å²) in [6, 6.07) is 21.0. The largest absolute Gasteiger partial charge is 0.451 e. The summed E-state index contributed by atoms with van der Waals surface area (Å²) >= 11 is 0. The number of fused-ring (bicyclic) bond motifs is 1. The number of rotatable bonds is 7. The predicted octanol–water partition coefficient (Wildman–Crippen LogP) is 3.53. The number of nitrogens with zero attached hydrogens (tertiary/aromatic N) is 1. The van der Waals surface area contributed by atoms with Crippen molar-refractivity contribution in [2.24, 2.45) is 0 Å². The van der Waals surface area contributed by atoms with Gasteiger partial charge in [-0.25, -0.2) is 9.78 Å². The minimum absolute atomic E-state index is 0.00444. The Morgan fingerprint density at radius 1 is 1.00 bits per heavy atom.